The molecular weight excluding hydrogens is 304 g/mol. The van der Waals surface area contributed by atoms with Crippen LogP contribution in [0.5, 0.6) is 11.5 Å². The van der Waals surface area contributed by atoms with Crippen LogP contribution in [0.2, 0.25) is 0 Å². The molecule has 0 amide bonds. The fourth-order valence-corrected chi connectivity index (χ4v) is 3.84. The second-order valence-corrected chi connectivity index (χ2v) is 6.71. The van der Waals surface area contributed by atoms with Gasteiger partial charge in [0, 0.05) is 41.5 Å². The van der Waals surface area contributed by atoms with Crippen molar-refractivity contribution in [2.24, 2.45) is 0 Å². The molecule has 2 aliphatic heterocycles. The number of benzene rings is 1. The van der Waals surface area contributed by atoms with Crippen molar-refractivity contribution in [1.29, 1.82) is 0 Å². The minimum Gasteiger partial charge on any atom is -0.454 e. The number of ketones is 1. The van der Waals surface area contributed by atoms with E-state index in [1.165, 1.54) is 17.7 Å². The molecule has 0 atom stereocenters. The summed E-state index contributed by atoms with van der Waals surface area (Å²) in [4.78, 5) is 14.1. The summed E-state index contributed by atoms with van der Waals surface area (Å²) in [6.45, 7) is 7.16. The molecule has 1 N–H and O–H groups in total. The van der Waals surface area contributed by atoms with Gasteiger partial charge in [-0.05, 0) is 32.0 Å². The van der Waals surface area contributed by atoms with E-state index in [0.717, 1.165) is 47.2 Å². The number of rotatable bonds is 4. The van der Waals surface area contributed by atoms with Crippen LogP contribution in [0.4, 0.5) is 0 Å². The Labute approximate surface area is 141 Å². The highest BCUT2D eigenvalue weighted by molar-refractivity contribution is 5.98. The number of hydrogen-bond acceptors (Lipinski definition) is 3. The molecule has 0 bridgehead atoms. The quantitative estimate of drug-likeness (QED) is 0.869. The first-order chi connectivity index (χ1) is 11.6. The number of carbonyl (C=O) groups is 1. The SMILES string of the molecule is Cc1cc(C(=O)C[NH+]2CCCC2)c(C)n1-c1ccc2c(c1)OCO2. The van der Waals surface area contributed by atoms with E-state index in [-0.39, 0.29) is 12.6 Å². The first kappa shape index (κ1) is 15.3. The maximum atomic E-state index is 12.7. The van der Waals surface area contributed by atoms with Gasteiger partial charge in [-0.3, -0.25) is 4.79 Å². The Bertz CT molecular complexity index is 788. The summed E-state index contributed by atoms with van der Waals surface area (Å²) in [6.07, 6.45) is 2.47. The minimum absolute atomic E-state index is 0.243. The second kappa shape index (κ2) is 5.98. The van der Waals surface area contributed by atoms with Crippen molar-refractivity contribution in [2.75, 3.05) is 26.4 Å². The summed E-state index contributed by atoms with van der Waals surface area (Å²) < 4.78 is 13.0. The highest BCUT2D eigenvalue weighted by Crippen LogP contribution is 2.34. The van der Waals surface area contributed by atoms with E-state index >= 15 is 0 Å². The van der Waals surface area contributed by atoms with E-state index in [1.54, 1.807) is 0 Å². The van der Waals surface area contributed by atoms with Crippen molar-refractivity contribution >= 4 is 5.78 Å². The number of aromatic nitrogens is 1. The molecule has 1 saturated heterocycles. The summed E-state index contributed by atoms with van der Waals surface area (Å²) in [7, 11) is 0. The Kier molecular flexibility index (Phi) is 3.81. The van der Waals surface area contributed by atoms with Crippen LogP contribution >= 0.6 is 0 Å². The smallest absolute Gasteiger partial charge is 0.231 e. The zero-order valence-corrected chi connectivity index (χ0v) is 14.2. The van der Waals surface area contributed by atoms with Crippen molar-refractivity contribution in [2.45, 2.75) is 26.7 Å². The van der Waals surface area contributed by atoms with Gasteiger partial charge in [-0.15, -0.1) is 0 Å². The van der Waals surface area contributed by atoms with Crippen LogP contribution in [0.25, 0.3) is 5.69 Å². The molecule has 1 aromatic heterocycles. The predicted octanol–water partition coefficient (Wildman–Crippen LogP) is 1.68. The molecule has 2 aromatic rings. The molecule has 5 nitrogen and oxygen atoms in total. The normalized spacial score (nSPS) is 16.8. The Morgan fingerprint density at radius 3 is 2.67 bits per heavy atom. The van der Waals surface area contributed by atoms with Gasteiger partial charge < -0.3 is 18.9 Å². The van der Waals surface area contributed by atoms with E-state index in [2.05, 4.69) is 4.57 Å². The number of fused-ring (bicyclic) bond motifs is 1. The number of nitrogens with one attached hydrogen (secondary N) is 1. The highest BCUT2D eigenvalue weighted by Gasteiger charge is 2.24. The van der Waals surface area contributed by atoms with Crippen LogP contribution in [-0.4, -0.2) is 36.8 Å². The molecule has 126 valence electrons. The molecule has 1 aromatic carbocycles. The molecule has 3 heterocycles. The molecule has 0 radical (unpaired) electrons. The Morgan fingerprint density at radius 1 is 1.12 bits per heavy atom. The number of ether oxygens (including phenoxy) is 2. The van der Waals surface area contributed by atoms with Gasteiger partial charge in [0.2, 0.25) is 12.6 Å². The van der Waals surface area contributed by atoms with Crippen molar-refractivity contribution in [1.82, 2.24) is 4.57 Å². The van der Waals surface area contributed by atoms with Gasteiger partial charge in [0.15, 0.2) is 11.5 Å². The summed E-state index contributed by atoms with van der Waals surface area (Å²) in [5.41, 5.74) is 3.90. The van der Waals surface area contributed by atoms with Crippen LogP contribution in [-0.2, 0) is 0 Å². The third-order valence-corrected chi connectivity index (χ3v) is 5.07. The topological polar surface area (TPSA) is 44.9 Å². The van der Waals surface area contributed by atoms with Gasteiger partial charge in [-0.25, -0.2) is 0 Å². The van der Waals surface area contributed by atoms with Crippen molar-refractivity contribution in [3.05, 3.63) is 41.2 Å². The maximum absolute atomic E-state index is 12.7. The van der Waals surface area contributed by atoms with Gasteiger partial charge in [0.1, 0.15) is 6.54 Å². The van der Waals surface area contributed by atoms with Gasteiger partial charge in [-0.2, -0.15) is 0 Å². The number of carbonyl (C=O) groups excluding carboxylic acids is 1. The molecule has 2 aliphatic rings. The molecule has 4 rings (SSSR count). The summed E-state index contributed by atoms with van der Waals surface area (Å²) in [5.74, 6) is 1.77. The molecule has 0 unspecified atom stereocenters. The molecule has 5 heteroatoms. The van der Waals surface area contributed by atoms with E-state index in [4.69, 9.17) is 9.47 Å². The van der Waals surface area contributed by atoms with E-state index in [0.29, 0.717) is 6.54 Å². The lowest BCUT2D eigenvalue weighted by atomic mass is 10.1. The van der Waals surface area contributed by atoms with Crippen LogP contribution < -0.4 is 14.4 Å². The molecule has 0 saturated carbocycles. The molecular formula is C19H23N2O3+. The minimum atomic E-state index is 0.243. The van der Waals surface area contributed by atoms with Crippen molar-refractivity contribution < 1.29 is 19.2 Å². The number of likely N-dealkylation sites (tertiary alicyclic amines) is 1. The van der Waals surface area contributed by atoms with Crippen molar-refractivity contribution in [3.63, 3.8) is 0 Å². The zero-order valence-electron chi connectivity index (χ0n) is 14.2. The lowest BCUT2D eigenvalue weighted by molar-refractivity contribution is -0.878. The van der Waals surface area contributed by atoms with Crippen LogP contribution in [0.15, 0.2) is 24.3 Å². The zero-order chi connectivity index (χ0) is 16.7. The Hall–Kier alpha value is -2.27. The third kappa shape index (κ3) is 2.59. The van der Waals surface area contributed by atoms with Gasteiger partial charge in [0.05, 0.1) is 13.1 Å². The number of Topliss-reactive ketones (excluding diaryl/α,β-unsaturated/α-hetero) is 1. The summed E-state index contributed by atoms with van der Waals surface area (Å²) >= 11 is 0. The lowest BCUT2D eigenvalue weighted by Crippen LogP contribution is -3.10. The molecule has 1 fully saturated rings. The number of aryl methyl sites for hydroxylation is 1. The fraction of sp³-hybridized carbons (Fsp3) is 0.421. The van der Waals surface area contributed by atoms with Crippen LogP contribution in [0, 0.1) is 13.8 Å². The summed E-state index contributed by atoms with van der Waals surface area (Å²) in [6, 6.07) is 7.92. The first-order valence-corrected chi connectivity index (χ1v) is 8.59. The molecule has 24 heavy (non-hydrogen) atoms. The average molecular weight is 327 g/mol. The fourth-order valence-electron chi connectivity index (χ4n) is 3.84. The van der Waals surface area contributed by atoms with Crippen LogP contribution in [0.3, 0.4) is 0 Å². The number of nitrogens with zero attached hydrogens (tertiary/aromatic N) is 1. The first-order valence-electron chi connectivity index (χ1n) is 8.59. The lowest BCUT2D eigenvalue weighted by Gasteiger charge is -2.12. The van der Waals surface area contributed by atoms with Crippen LogP contribution in [0.1, 0.15) is 34.6 Å². The standard InChI is InChI=1S/C19H22N2O3/c1-13-9-16(17(22)11-20-7-3-4-8-20)14(2)21(13)15-5-6-18-19(10-15)24-12-23-18/h5-6,9-10H,3-4,7-8,11-12H2,1-2H3/p+1. The van der Waals surface area contributed by atoms with Crippen molar-refractivity contribution in [3.8, 4) is 17.2 Å². The number of hydrogen-bond donors (Lipinski definition) is 1. The second-order valence-electron chi connectivity index (χ2n) is 6.71. The van der Waals surface area contributed by atoms with Gasteiger partial charge in [0.25, 0.3) is 0 Å². The maximum Gasteiger partial charge on any atom is 0.231 e. The Morgan fingerprint density at radius 2 is 1.88 bits per heavy atom. The van der Waals surface area contributed by atoms with Gasteiger partial charge in [-0.1, -0.05) is 0 Å². The molecule has 0 spiro atoms. The summed E-state index contributed by atoms with van der Waals surface area (Å²) in [5, 5.41) is 0. The van der Waals surface area contributed by atoms with E-state index < -0.39 is 0 Å². The van der Waals surface area contributed by atoms with E-state index in [9.17, 15) is 4.79 Å². The average Bonchev–Trinajstić information content (AvgIpc) is 3.27. The Balaban J connectivity index is 1.65. The third-order valence-electron chi connectivity index (χ3n) is 5.07. The molecule has 0 aliphatic carbocycles. The number of quaternary nitrogens is 1. The monoisotopic (exact) mass is 327 g/mol. The predicted molar refractivity (Wildman–Crippen MR) is 90.5 cm³/mol. The largest absolute Gasteiger partial charge is 0.454 e. The van der Waals surface area contributed by atoms with E-state index in [1.807, 2.05) is 38.1 Å². The van der Waals surface area contributed by atoms with Gasteiger partial charge >= 0.3 is 0 Å². The highest BCUT2D eigenvalue weighted by atomic mass is 16.7.